The van der Waals surface area contributed by atoms with Crippen LogP contribution in [0.25, 0.3) is 0 Å². The molecule has 11 nitrogen and oxygen atoms in total. The van der Waals surface area contributed by atoms with Gasteiger partial charge in [0.25, 0.3) is 0 Å². The lowest BCUT2D eigenvalue weighted by Gasteiger charge is -2.22. The molecule has 0 fully saturated rings. The number of hydrogen-bond acceptors (Lipinski definition) is 9. The predicted octanol–water partition coefficient (Wildman–Crippen LogP) is 3.11. The van der Waals surface area contributed by atoms with Crippen LogP contribution < -0.4 is 8.25 Å². The van der Waals surface area contributed by atoms with Crippen molar-refractivity contribution in [1.29, 1.82) is 0 Å². The number of hydrogen-bond donors (Lipinski definition) is 2. The van der Waals surface area contributed by atoms with Gasteiger partial charge in [-0.2, -0.15) is 52.7 Å². The maximum atomic E-state index is 11.5. The van der Waals surface area contributed by atoms with Crippen molar-refractivity contribution in [3.63, 3.8) is 0 Å². The summed E-state index contributed by atoms with van der Waals surface area (Å²) in [4.78, 5) is 2.37. The van der Waals surface area contributed by atoms with Gasteiger partial charge in [-0.3, -0.25) is 0 Å². The van der Waals surface area contributed by atoms with E-state index in [1.54, 1.807) is 0 Å². The molecule has 1 heterocycles. The molecule has 0 radical (unpaired) electrons. The Labute approximate surface area is 225 Å². The van der Waals surface area contributed by atoms with Crippen LogP contribution in [0.15, 0.2) is 23.9 Å². The Morgan fingerprint density at radius 2 is 0.951 bits per heavy atom. The summed E-state index contributed by atoms with van der Waals surface area (Å²) in [6, 6.07) is 0. The molecule has 0 spiro atoms. The van der Waals surface area contributed by atoms with E-state index in [0.717, 1.165) is 6.54 Å². The summed E-state index contributed by atoms with van der Waals surface area (Å²) in [6.45, 7) is 6.74. The normalized spacial score (nSPS) is 15.8. The lowest BCUT2D eigenvalue weighted by Crippen LogP contribution is -2.45. The summed E-state index contributed by atoms with van der Waals surface area (Å²) < 4.78 is 217. The van der Waals surface area contributed by atoms with Gasteiger partial charge < -0.3 is 4.90 Å². The minimum absolute atomic E-state index is 0.493. The zero-order valence-corrected chi connectivity index (χ0v) is 23.2. The highest BCUT2D eigenvalue weighted by atomic mass is 32.3. The van der Waals surface area contributed by atoms with E-state index in [9.17, 15) is 86.4 Å². The van der Waals surface area contributed by atoms with Crippen molar-refractivity contribution in [2.24, 2.45) is 0 Å². The smallest absolute Gasteiger partial charge is 0.373 e. The molecular weight excluding hydrogens is 694 g/mol. The van der Waals surface area contributed by atoms with Gasteiger partial charge in [-0.1, -0.05) is 33.2 Å². The largest absolute Gasteiger partial charge is 0.512 e. The number of allylic oxidation sites excluding steroid dienone is 2. The summed E-state index contributed by atoms with van der Waals surface area (Å²) in [5.41, 5.74) is -23.1. The zero-order chi connectivity index (χ0) is 33.5. The first kappa shape index (κ1) is 41.3. The molecule has 1 rings (SSSR count). The minimum Gasteiger partial charge on any atom is -0.373 e. The van der Waals surface area contributed by atoms with E-state index in [1.807, 2.05) is 0 Å². The maximum Gasteiger partial charge on any atom is 0.512 e. The molecule has 246 valence electrons. The quantitative estimate of drug-likeness (QED) is 0.378. The van der Waals surface area contributed by atoms with Crippen molar-refractivity contribution in [3.05, 3.63) is 23.9 Å². The van der Waals surface area contributed by atoms with Gasteiger partial charge in [-0.25, -0.2) is 33.7 Å². The van der Waals surface area contributed by atoms with Crippen molar-refractivity contribution >= 4 is 40.1 Å². The van der Waals surface area contributed by atoms with Gasteiger partial charge in [0.2, 0.25) is 0 Å². The molecule has 0 aromatic heterocycles. The van der Waals surface area contributed by atoms with Crippen LogP contribution in [0.5, 0.6) is 0 Å². The number of unbranched alkanes of at least 4 members (excludes halogenated alkanes) is 1. The van der Waals surface area contributed by atoms with Crippen LogP contribution in [0.3, 0.4) is 0 Å². The average Bonchev–Trinajstić information content (AvgIpc) is 2.68. The Kier molecular flexibility index (Phi) is 14.2. The summed E-state index contributed by atoms with van der Waals surface area (Å²) in [5, 5.41) is 0. The van der Waals surface area contributed by atoms with Crippen LogP contribution in [0.1, 0.15) is 26.7 Å². The van der Waals surface area contributed by atoms with E-state index < -0.39 is 70.4 Å². The van der Waals surface area contributed by atoms with E-state index in [-0.39, 0.29) is 0 Å². The Bertz CT molecular complexity index is 1190. The van der Waals surface area contributed by atoms with Crippen molar-refractivity contribution in [3.8, 4) is 0 Å². The zero-order valence-electron chi connectivity index (χ0n) is 19.9. The van der Waals surface area contributed by atoms with Crippen LogP contribution in [0.4, 0.5) is 52.7 Å². The molecule has 0 aromatic carbocycles. The molecule has 27 heteroatoms. The molecule has 0 saturated heterocycles. The van der Waals surface area contributed by atoms with Crippen LogP contribution in [0, 0.1) is 0 Å². The van der Waals surface area contributed by atoms with E-state index in [2.05, 4.69) is 37.1 Å². The van der Waals surface area contributed by atoms with Crippen LogP contribution in [-0.2, 0) is 40.1 Å². The first-order valence-corrected chi connectivity index (χ1v) is 15.6. The van der Waals surface area contributed by atoms with Gasteiger partial charge in [0.05, 0.1) is 0 Å². The lowest BCUT2D eigenvalue weighted by molar-refractivity contribution is -0.0487. The Hall–Kier alpha value is -1.84. The number of alkyl halides is 12. The van der Waals surface area contributed by atoms with Crippen LogP contribution >= 0.6 is 0 Å². The SMILES string of the molecule is CCCCN1C=CC=C(C)C1.O=S(=O)(NS(=O)(=O)C(F)(F)F)C(F)(F)F.O=S(=O)(NS(=O)(=O)C(F)(F)F)C(F)(F)F. The molecule has 0 unspecified atom stereocenters. The number of halogens is 12. The first-order valence-electron chi connectivity index (χ1n) is 9.64. The highest BCUT2D eigenvalue weighted by Crippen LogP contribution is 2.28. The minimum atomic E-state index is -6.60. The fourth-order valence-electron chi connectivity index (χ4n) is 1.75. The molecular formula is C14H19F12N3O8S4. The number of rotatable bonds is 7. The molecule has 0 atom stereocenters. The number of nitrogens with zero attached hydrogens (tertiary/aromatic N) is 1. The van der Waals surface area contributed by atoms with Crippen molar-refractivity contribution in [2.45, 2.75) is 48.7 Å². The fourth-order valence-corrected chi connectivity index (χ4v) is 5.57. The maximum absolute atomic E-state index is 11.5. The molecule has 0 aromatic rings. The molecule has 0 amide bonds. The van der Waals surface area contributed by atoms with E-state index in [0.29, 0.717) is 0 Å². The monoisotopic (exact) mass is 713 g/mol. The van der Waals surface area contributed by atoms with Gasteiger partial charge in [0.1, 0.15) is 0 Å². The molecule has 0 saturated carbocycles. The summed E-state index contributed by atoms with van der Waals surface area (Å²) in [5.74, 6) is 0. The van der Waals surface area contributed by atoms with Gasteiger partial charge in [-0.15, -0.1) is 0 Å². The number of sulfonamides is 4. The predicted molar refractivity (Wildman–Crippen MR) is 116 cm³/mol. The van der Waals surface area contributed by atoms with E-state index in [4.69, 9.17) is 0 Å². The van der Waals surface area contributed by atoms with Gasteiger partial charge in [0.15, 0.2) is 0 Å². The second-order valence-corrected chi connectivity index (χ2v) is 14.4. The van der Waals surface area contributed by atoms with Crippen LogP contribution in [-0.4, -0.2) is 73.7 Å². The topological polar surface area (TPSA) is 164 Å². The molecule has 2 N–H and O–H groups in total. The molecule has 1 aliphatic rings. The number of nitrogens with one attached hydrogen (secondary N) is 2. The third-order valence-corrected chi connectivity index (χ3v) is 9.54. The average molecular weight is 714 g/mol. The summed E-state index contributed by atoms with van der Waals surface area (Å²) in [7, 11) is -26.4. The van der Waals surface area contributed by atoms with Gasteiger partial charge >= 0.3 is 62.1 Å². The van der Waals surface area contributed by atoms with E-state index in [1.165, 1.54) is 25.0 Å². The lowest BCUT2D eigenvalue weighted by atomic mass is 10.2. The first-order chi connectivity index (χ1) is 17.7. The summed E-state index contributed by atoms with van der Waals surface area (Å²) in [6.07, 6.45) is 9.09. The Morgan fingerprint density at radius 3 is 1.17 bits per heavy atom. The Morgan fingerprint density at radius 1 is 0.659 bits per heavy atom. The van der Waals surface area contributed by atoms with Gasteiger partial charge in [0, 0.05) is 13.1 Å². The van der Waals surface area contributed by atoms with Gasteiger partial charge in [-0.05, 0) is 25.6 Å². The standard InChI is InChI=1S/C10H17N.2C2HF6NO4S2/c1-3-4-7-11-8-5-6-10(2)9-11;2*3-1(4,5)14(10,11)9-15(12,13)2(6,7)8/h5-6,8H,3-4,7,9H2,1-2H3;2*9H. The Balaban J connectivity index is 0. The van der Waals surface area contributed by atoms with Crippen molar-refractivity contribution in [1.82, 2.24) is 13.2 Å². The summed E-state index contributed by atoms with van der Waals surface area (Å²) >= 11 is 0. The second kappa shape index (κ2) is 14.1. The van der Waals surface area contributed by atoms with Crippen molar-refractivity contribution in [2.75, 3.05) is 13.1 Å². The van der Waals surface area contributed by atoms with E-state index >= 15 is 0 Å². The fraction of sp³-hybridized carbons (Fsp3) is 0.714. The second-order valence-electron chi connectivity index (χ2n) is 7.14. The molecule has 1 aliphatic heterocycles. The highest BCUT2D eigenvalue weighted by molar-refractivity contribution is 8.06. The molecule has 41 heavy (non-hydrogen) atoms. The third-order valence-electron chi connectivity index (χ3n) is 3.59. The van der Waals surface area contributed by atoms with Crippen LogP contribution in [0.2, 0.25) is 0 Å². The highest BCUT2D eigenvalue weighted by Gasteiger charge is 2.56. The molecule has 0 bridgehead atoms. The molecule has 0 aliphatic carbocycles. The van der Waals surface area contributed by atoms with Crippen molar-refractivity contribution < 1.29 is 86.4 Å². The third kappa shape index (κ3) is 13.8.